The summed E-state index contributed by atoms with van der Waals surface area (Å²) in [5.41, 5.74) is 0.923. The van der Waals surface area contributed by atoms with E-state index < -0.39 is 0 Å². The summed E-state index contributed by atoms with van der Waals surface area (Å²) in [5, 5.41) is 0. The van der Waals surface area contributed by atoms with Gasteiger partial charge < -0.3 is 9.47 Å². The number of benzene rings is 1. The Kier molecular flexibility index (Phi) is 5.98. The lowest BCUT2D eigenvalue weighted by Crippen LogP contribution is -2.06. The van der Waals surface area contributed by atoms with Gasteiger partial charge in [0.1, 0.15) is 11.5 Å². The van der Waals surface area contributed by atoms with Gasteiger partial charge in [-0.05, 0) is 30.7 Å². The van der Waals surface area contributed by atoms with Crippen LogP contribution in [0.1, 0.15) is 32.3 Å². The van der Waals surface area contributed by atoms with E-state index in [1.165, 1.54) is 0 Å². The highest BCUT2D eigenvalue weighted by Gasteiger charge is 2.07. The molecule has 1 rings (SSSR count). The molecule has 0 N–H and O–H groups in total. The summed E-state index contributed by atoms with van der Waals surface area (Å²) in [5.74, 6) is 2.37. The molecule has 0 aliphatic heterocycles. The number of rotatable bonds is 5. The van der Waals surface area contributed by atoms with Crippen LogP contribution in [0.2, 0.25) is 0 Å². The molecule has 18 heavy (non-hydrogen) atoms. The molecular weight excluding hydrogens is 226 g/mol. The topological polar surface area (TPSA) is 30.8 Å². The Balaban J connectivity index is 2.93. The van der Waals surface area contributed by atoms with Crippen LogP contribution in [0.25, 0.3) is 0 Å². The number of nitrogens with zero attached hydrogens (tertiary/aromatic N) is 1. The standard InChI is InChI=1S/C15H21NO2/c1-5-8-13(6-2)18-15(16-3)12-9-7-10-14(11-12)17-4/h7-11H,5-6H2,1-4H3/b13-8+,16-15?. The molecule has 0 bridgehead atoms. The molecule has 0 amide bonds. The van der Waals surface area contributed by atoms with Crippen molar-refractivity contribution in [1.29, 1.82) is 0 Å². The molecular formula is C15H21NO2. The second kappa shape index (κ2) is 7.54. The molecule has 0 unspecified atom stereocenters. The van der Waals surface area contributed by atoms with E-state index in [4.69, 9.17) is 9.47 Å². The molecule has 0 aliphatic rings. The second-order valence-electron chi connectivity index (χ2n) is 3.80. The first kappa shape index (κ1) is 14.3. The first-order chi connectivity index (χ1) is 8.74. The molecule has 0 aliphatic carbocycles. The number of methoxy groups -OCH3 is 1. The van der Waals surface area contributed by atoms with Crippen molar-refractivity contribution < 1.29 is 9.47 Å². The van der Waals surface area contributed by atoms with Gasteiger partial charge >= 0.3 is 0 Å². The van der Waals surface area contributed by atoms with Gasteiger partial charge in [0.05, 0.1) is 7.11 Å². The summed E-state index contributed by atoms with van der Waals surface area (Å²) >= 11 is 0. The number of hydrogen-bond donors (Lipinski definition) is 0. The normalized spacial score (nSPS) is 12.4. The first-order valence-corrected chi connectivity index (χ1v) is 6.23. The SMILES string of the molecule is CC/C=C(\CC)OC(=NC)c1cccc(OC)c1. The zero-order valence-electron chi connectivity index (χ0n) is 11.6. The van der Waals surface area contributed by atoms with Gasteiger partial charge in [-0.2, -0.15) is 0 Å². The molecule has 0 spiro atoms. The van der Waals surface area contributed by atoms with Gasteiger partial charge in [0.2, 0.25) is 5.90 Å². The van der Waals surface area contributed by atoms with E-state index in [9.17, 15) is 0 Å². The summed E-state index contributed by atoms with van der Waals surface area (Å²) in [6, 6.07) is 7.71. The van der Waals surface area contributed by atoms with E-state index in [2.05, 4.69) is 24.9 Å². The third-order valence-corrected chi connectivity index (χ3v) is 2.53. The molecule has 3 nitrogen and oxygen atoms in total. The van der Waals surface area contributed by atoms with E-state index in [1.54, 1.807) is 14.2 Å². The summed E-state index contributed by atoms with van der Waals surface area (Å²) < 4.78 is 11.0. The van der Waals surface area contributed by atoms with E-state index in [1.807, 2.05) is 24.3 Å². The van der Waals surface area contributed by atoms with E-state index in [0.29, 0.717) is 5.90 Å². The van der Waals surface area contributed by atoms with Gasteiger partial charge in [0.15, 0.2) is 0 Å². The average molecular weight is 247 g/mol. The number of allylic oxidation sites excluding steroid dienone is 2. The Morgan fingerprint density at radius 1 is 1.33 bits per heavy atom. The van der Waals surface area contributed by atoms with E-state index in [-0.39, 0.29) is 0 Å². The van der Waals surface area contributed by atoms with Crippen LogP contribution in [0.3, 0.4) is 0 Å². The fraction of sp³-hybridized carbons (Fsp3) is 0.400. The molecule has 0 aromatic heterocycles. The zero-order valence-corrected chi connectivity index (χ0v) is 11.6. The number of hydrogen-bond acceptors (Lipinski definition) is 3. The maximum Gasteiger partial charge on any atom is 0.221 e. The van der Waals surface area contributed by atoms with Crippen LogP contribution in [0.4, 0.5) is 0 Å². The Labute approximate surface area is 109 Å². The zero-order chi connectivity index (χ0) is 13.4. The van der Waals surface area contributed by atoms with Crippen molar-refractivity contribution in [3.05, 3.63) is 41.7 Å². The van der Waals surface area contributed by atoms with Gasteiger partial charge in [-0.25, -0.2) is 0 Å². The van der Waals surface area contributed by atoms with Crippen LogP contribution >= 0.6 is 0 Å². The lowest BCUT2D eigenvalue weighted by molar-refractivity contribution is 0.395. The minimum Gasteiger partial charge on any atom is -0.497 e. The largest absolute Gasteiger partial charge is 0.497 e. The molecule has 1 aromatic rings. The maximum absolute atomic E-state index is 5.83. The molecule has 3 heteroatoms. The molecule has 0 saturated heterocycles. The third-order valence-electron chi connectivity index (χ3n) is 2.53. The Hall–Kier alpha value is -1.77. The van der Waals surface area contributed by atoms with Crippen molar-refractivity contribution in [1.82, 2.24) is 0 Å². The van der Waals surface area contributed by atoms with E-state index >= 15 is 0 Å². The summed E-state index contributed by atoms with van der Waals surface area (Å²) in [7, 11) is 3.38. The minimum absolute atomic E-state index is 0.621. The molecule has 0 fully saturated rings. The quantitative estimate of drug-likeness (QED) is 0.450. The van der Waals surface area contributed by atoms with Crippen LogP contribution in [-0.4, -0.2) is 20.1 Å². The summed E-state index contributed by atoms with van der Waals surface area (Å²) in [6.45, 7) is 4.16. The van der Waals surface area contributed by atoms with Crippen molar-refractivity contribution in [3.63, 3.8) is 0 Å². The smallest absolute Gasteiger partial charge is 0.221 e. The molecule has 0 saturated carbocycles. The Morgan fingerprint density at radius 2 is 2.11 bits per heavy atom. The highest BCUT2D eigenvalue weighted by molar-refractivity contribution is 5.95. The number of ether oxygens (including phenoxy) is 2. The fourth-order valence-electron chi connectivity index (χ4n) is 1.60. The van der Waals surface area contributed by atoms with Crippen molar-refractivity contribution in [2.45, 2.75) is 26.7 Å². The van der Waals surface area contributed by atoms with Gasteiger partial charge in [-0.3, -0.25) is 4.99 Å². The third kappa shape index (κ3) is 3.91. The lowest BCUT2D eigenvalue weighted by atomic mass is 10.2. The molecule has 1 aromatic carbocycles. The Morgan fingerprint density at radius 3 is 2.67 bits per heavy atom. The van der Waals surface area contributed by atoms with E-state index in [0.717, 1.165) is 29.9 Å². The highest BCUT2D eigenvalue weighted by Crippen LogP contribution is 2.16. The van der Waals surface area contributed by atoms with Gasteiger partial charge in [0, 0.05) is 19.0 Å². The predicted octanol–water partition coefficient (Wildman–Crippen LogP) is 3.79. The van der Waals surface area contributed by atoms with Gasteiger partial charge in [-0.1, -0.05) is 19.9 Å². The first-order valence-electron chi connectivity index (χ1n) is 6.23. The van der Waals surface area contributed by atoms with Crippen LogP contribution in [0.5, 0.6) is 5.75 Å². The van der Waals surface area contributed by atoms with Crippen LogP contribution in [-0.2, 0) is 4.74 Å². The average Bonchev–Trinajstić information content (AvgIpc) is 2.43. The predicted molar refractivity (Wildman–Crippen MR) is 75.2 cm³/mol. The second-order valence-corrected chi connectivity index (χ2v) is 3.80. The van der Waals surface area contributed by atoms with Crippen molar-refractivity contribution in [2.75, 3.05) is 14.2 Å². The molecule has 0 atom stereocenters. The summed E-state index contributed by atoms with van der Waals surface area (Å²) in [6.07, 6.45) is 3.89. The van der Waals surface area contributed by atoms with Crippen LogP contribution in [0.15, 0.2) is 41.1 Å². The van der Waals surface area contributed by atoms with Crippen molar-refractivity contribution >= 4 is 5.90 Å². The monoisotopic (exact) mass is 247 g/mol. The molecule has 0 heterocycles. The highest BCUT2D eigenvalue weighted by atomic mass is 16.5. The minimum atomic E-state index is 0.621. The lowest BCUT2D eigenvalue weighted by Gasteiger charge is -2.11. The van der Waals surface area contributed by atoms with Gasteiger partial charge in [0.25, 0.3) is 0 Å². The Bertz CT molecular complexity index is 436. The summed E-state index contributed by atoms with van der Waals surface area (Å²) in [4.78, 5) is 4.20. The molecule has 0 radical (unpaired) electrons. The fourth-order valence-corrected chi connectivity index (χ4v) is 1.60. The van der Waals surface area contributed by atoms with Crippen LogP contribution in [0, 0.1) is 0 Å². The van der Waals surface area contributed by atoms with Crippen molar-refractivity contribution in [2.24, 2.45) is 4.99 Å². The molecule has 98 valence electrons. The number of aliphatic imine (C=N–C) groups is 1. The maximum atomic E-state index is 5.83. The van der Waals surface area contributed by atoms with Crippen molar-refractivity contribution in [3.8, 4) is 5.75 Å². The van der Waals surface area contributed by atoms with Crippen LogP contribution < -0.4 is 4.74 Å². The van der Waals surface area contributed by atoms with Gasteiger partial charge in [-0.15, -0.1) is 0 Å².